The number of rotatable bonds is 13. The Bertz CT molecular complexity index is 378. The summed E-state index contributed by atoms with van der Waals surface area (Å²) < 4.78 is 11.2. The van der Waals surface area contributed by atoms with Gasteiger partial charge in [0.2, 0.25) is 0 Å². The van der Waals surface area contributed by atoms with Crippen LogP contribution in [0.4, 0.5) is 0 Å². The van der Waals surface area contributed by atoms with E-state index in [0.29, 0.717) is 3.43 Å². The van der Waals surface area contributed by atoms with Crippen LogP contribution < -0.4 is 0 Å². The second-order valence-corrected chi connectivity index (χ2v) is 23.3. The Kier molecular flexibility index (Phi) is 11.8. The number of carbonyl (C=O) groups excluding carboxylic acids is 1. The number of esters is 1. The summed E-state index contributed by atoms with van der Waals surface area (Å²) in [5.41, 5.74) is 0. The SMILES string of the molecule is CCCC[C]1(CCCC)C(OC(C)=O)CC[CH2][Sn]1([CH2]CCC)[CH2]CCC. The van der Waals surface area contributed by atoms with Crippen LogP contribution in [0.1, 0.15) is 112 Å². The molecule has 1 unspecified atom stereocenters. The van der Waals surface area contributed by atoms with Gasteiger partial charge in [-0.1, -0.05) is 0 Å². The van der Waals surface area contributed by atoms with Crippen LogP contribution in [-0.2, 0) is 9.53 Å². The summed E-state index contributed by atoms with van der Waals surface area (Å²) in [6.45, 7) is 11.0. The van der Waals surface area contributed by atoms with Crippen molar-refractivity contribution in [1.82, 2.24) is 0 Å². The minimum atomic E-state index is -2.44. The van der Waals surface area contributed by atoms with Gasteiger partial charge in [-0.3, -0.25) is 0 Å². The van der Waals surface area contributed by atoms with Crippen molar-refractivity contribution in [3.8, 4) is 0 Å². The van der Waals surface area contributed by atoms with E-state index >= 15 is 0 Å². The number of ether oxygens (including phenoxy) is 1. The van der Waals surface area contributed by atoms with Crippen LogP contribution >= 0.6 is 0 Å². The molecule has 1 fully saturated rings. The van der Waals surface area contributed by atoms with Gasteiger partial charge in [0, 0.05) is 0 Å². The molecule has 1 rings (SSSR count). The van der Waals surface area contributed by atoms with Gasteiger partial charge in [0.1, 0.15) is 0 Å². The molecule has 0 bridgehead atoms. The van der Waals surface area contributed by atoms with Crippen molar-refractivity contribution in [2.24, 2.45) is 0 Å². The molecule has 0 N–H and O–H groups in total. The molecular weight excluding hydrogens is 427 g/mol. The molecule has 1 aliphatic rings. The zero-order chi connectivity index (χ0) is 19.5. The normalized spacial score (nSPS) is 21.5. The van der Waals surface area contributed by atoms with Gasteiger partial charge >= 0.3 is 168 Å². The van der Waals surface area contributed by atoms with E-state index in [9.17, 15) is 4.79 Å². The minimum absolute atomic E-state index is 0.0413. The average Bonchev–Trinajstić information content (AvgIpc) is 2.63. The summed E-state index contributed by atoms with van der Waals surface area (Å²) in [7, 11) is 0. The van der Waals surface area contributed by atoms with Crippen LogP contribution in [0, 0.1) is 0 Å². The molecule has 0 aromatic rings. The molecule has 0 aliphatic carbocycles. The topological polar surface area (TPSA) is 26.3 Å². The van der Waals surface area contributed by atoms with Crippen molar-refractivity contribution in [3.63, 3.8) is 0 Å². The Morgan fingerprint density at radius 3 is 1.85 bits per heavy atom. The predicted octanol–water partition coefficient (Wildman–Crippen LogP) is 7.88. The van der Waals surface area contributed by atoms with E-state index in [1.54, 1.807) is 11.4 Å². The summed E-state index contributed by atoms with van der Waals surface area (Å²) in [5.74, 6) is -0.0413. The standard InChI is InChI=1S/C15H28O2.2C4H9.Sn/c1-5-8-11-14(12-9-6-2)15(10-7-3)17-13(4)16;2*1-3-4-2;/h15H,3,5-12H2,1-2,4H3;2*1,3-4H2,2H3;. The van der Waals surface area contributed by atoms with Crippen molar-refractivity contribution in [2.75, 3.05) is 0 Å². The van der Waals surface area contributed by atoms with Crippen LogP contribution in [0.25, 0.3) is 0 Å². The van der Waals surface area contributed by atoms with Gasteiger partial charge in [0.05, 0.1) is 0 Å². The van der Waals surface area contributed by atoms with E-state index in [2.05, 4.69) is 27.7 Å². The van der Waals surface area contributed by atoms with Crippen molar-refractivity contribution >= 4 is 24.3 Å². The maximum absolute atomic E-state index is 12.0. The molecule has 3 heteroatoms. The third-order valence-corrected chi connectivity index (χ3v) is 26.7. The monoisotopic (exact) mass is 474 g/mol. The fraction of sp³-hybridized carbons (Fsp3) is 0.957. The molecule has 0 spiro atoms. The van der Waals surface area contributed by atoms with E-state index in [4.69, 9.17) is 4.74 Å². The maximum atomic E-state index is 12.0. The van der Waals surface area contributed by atoms with Crippen LogP contribution in [0.2, 0.25) is 16.7 Å². The zero-order valence-electron chi connectivity index (χ0n) is 18.5. The van der Waals surface area contributed by atoms with Crippen LogP contribution in [-0.4, -0.2) is 30.5 Å². The van der Waals surface area contributed by atoms with Crippen LogP contribution in [0.5, 0.6) is 0 Å². The molecule has 0 aromatic carbocycles. The number of hydrogen-bond acceptors (Lipinski definition) is 2. The first kappa shape index (κ1) is 24.3. The summed E-state index contributed by atoms with van der Waals surface area (Å²) in [6, 6.07) is 0. The summed E-state index contributed by atoms with van der Waals surface area (Å²) in [5, 5.41) is 0. The molecule has 1 aliphatic heterocycles. The number of carbonyl (C=O) groups is 1. The molecule has 1 atom stereocenters. The van der Waals surface area contributed by atoms with Crippen molar-refractivity contribution in [2.45, 2.75) is 135 Å². The molecule has 0 radical (unpaired) electrons. The summed E-state index contributed by atoms with van der Waals surface area (Å²) in [6.07, 6.45) is 16.0. The van der Waals surface area contributed by atoms with Gasteiger partial charge in [0.15, 0.2) is 0 Å². The van der Waals surface area contributed by atoms with Crippen molar-refractivity contribution in [1.29, 1.82) is 0 Å². The third kappa shape index (κ3) is 6.14. The third-order valence-electron chi connectivity index (χ3n) is 7.07. The first-order chi connectivity index (χ1) is 12.5. The Balaban J connectivity index is 3.35. The van der Waals surface area contributed by atoms with E-state index in [0.717, 1.165) is 6.42 Å². The van der Waals surface area contributed by atoms with Crippen LogP contribution in [0.3, 0.4) is 0 Å². The molecule has 0 amide bonds. The van der Waals surface area contributed by atoms with E-state index in [1.807, 2.05) is 0 Å². The number of unbranched alkanes of at least 4 members (excludes halogenated alkanes) is 4. The molecule has 154 valence electrons. The second kappa shape index (κ2) is 12.7. The van der Waals surface area contributed by atoms with Gasteiger partial charge in [0.25, 0.3) is 0 Å². The Labute approximate surface area is 168 Å². The Morgan fingerprint density at radius 2 is 1.42 bits per heavy atom. The Hall–Kier alpha value is 0.269. The quantitative estimate of drug-likeness (QED) is 0.201. The summed E-state index contributed by atoms with van der Waals surface area (Å²) in [4.78, 5) is 12.0. The molecule has 0 saturated carbocycles. The average molecular weight is 473 g/mol. The van der Waals surface area contributed by atoms with E-state index in [-0.39, 0.29) is 12.1 Å². The molecule has 2 nitrogen and oxygen atoms in total. The van der Waals surface area contributed by atoms with E-state index in [1.165, 1.54) is 79.5 Å². The molecule has 0 aromatic heterocycles. The fourth-order valence-electron chi connectivity index (χ4n) is 5.73. The first-order valence-corrected chi connectivity index (χ1v) is 19.2. The van der Waals surface area contributed by atoms with Crippen molar-refractivity contribution in [3.05, 3.63) is 0 Å². The van der Waals surface area contributed by atoms with Crippen molar-refractivity contribution < 1.29 is 9.53 Å². The molecular formula is C23H46O2Sn. The fourth-order valence-corrected chi connectivity index (χ4v) is 27.1. The predicted molar refractivity (Wildman–Crippen MR) is 117 cm³/mol. The van der Waals surface area contributed by atoms with Gasteiger partial charge in [-0.2, -0.15) is 0 Å². The van der Waals surface area contributed by atoms with Gasteiger partial charge in [-0.05, 0) is 0 Å². The van der Waals surface area contributed by atoms with Gasteiger partial charge < -0.3 is 0 Å². The Morgan fingerprint density at radius 1 is 0.923 bits per heavy atom. The molecule has 26 heavy (non-hydrogen) atoms. The molecule has 1 saturated heterocycles. The van der Waals surface area contributed by atoms with Gasteiger partial charge in [-0.25, -0.2) is 0 Å². The number of hydrogen-bond donors (Lipinski definition) is 0. The zero-order valence-corrected chi connectivity index (χ0v) is 21.4. The van der Waals surface area contributed by atoms with Crippen LogP contribution in [0.15, 0.2) is 0 Å². The van der Waals surface area contributed by atoms with E-state index < -0.39 is 18.4 Å². The second-order valence-electron chi connectivity index (χ2n) is 8.84. The first-order valence-electron chi connectivity index (χ1n) is 11.7. The molecule has 1 heterocycles. The van der Waals surface area contributed by atoms with Gasteiger partial charge in [-0.15, -0.1) is 0 Å². The summed E-state index contributed by atoms with van der Waals surface area (Å²) >= 11 is -2.44.